The Hall–Kier alpha value is -0.380. The molecule has 3 nitrogen and oxygen atoms in total. The molecule has 0 saturated carbocycles. The number of ether oxygens (including phenoxy) is 1. The van der Waals surface area contributed by atoms with E-state index >= 15 is 0 Å². The number of halogens is 5. The Morgan fingerprint density at radius 1 is 1.56 bits per heavy atom. The summed E-state index contributed by atoms with van der Waals surface area (Å²) in [4.78, 5) is 14.2. The minimum absolute atomic E-state index is 0.193. The van der Waals surface area contributed by atoms with Crippen LogP contribution in [0.15, 0.2) is 6.20 Å². The van der Waals surface area contributed by atoms with Gasteiger partial charge in [0.25, 0.3) is 0 Å². The zero-order valence-electron chi connectivity index (χ0n) is 7.52. The second-order valence-corrected chi connectivity index (χ2v) is 4.33. The van der Waals surface area contributed by atoms with Gasteiger partial charge in [0, 0.05) is 15.1 Å². The zero-order valence-corrected chi connectivity index (χ0v) is 11.3. The number of hydrogen-bond donors (Lipinski definition) is 0. The first-order chi connectivity index (χ1) is 7.39. The Morgan fingerprint density at radius 2 is 2.19 bits per heavy atom. The summed E-state index contributed by atoms with van der Waals surface area (Å²) in [5, 5.41) is 0.246. The van der Waals surface area contributed by atoms with Crippen molar-refractivity contribution < 1.29 is 22.7 Å². The minimum Gasteiger partial charge on any atom is -0.387 e. The molecule has 0 aliphatic rings. The maximum absolute atomic E-state index is 12.0. The summed E-state index contributed by atoms with van der Waals surface area (Å²) in [6.07, 6.45) is -3.35. The number of alkyl halides is 4. The van der Waals surface area contributed by atoms with Gasteiger partial charge in [0.05, 0.1) is 5.56 Å². The van der Waals surface area contributed by atoms with Crippen molar-refractivity contribution in [1.29, 1.82) is 0 Å². The van der Waals surface area contributed by atoms with Crippen LogP contribution in [0.5, 0.6) is 5.88 Å². The van der Waals surface area contributed by atoms with Crippen LogP contribution < -0.4 is 4.74 Å². The highest BCUT2D eigenvalue weighted by molar-refractivity contribution is 14.1. The third-order valence-electron chi connectivity index (χ3n) is 1.60. The second kappa shape index (κ2) is 5.30. The van der Waals surface area contributed by atoms with Crippen molar-refractivity contribution >= 4 is 44.8 Å². The van der Waals surface area contributed by atoms with Crippen LogP contribution in [0.3, 0.4) is 0 Å². The van der Waals surface area contributed by atoms with Crippen LogP contribution in [0, 0.1) is 3.57 Å². The summed E-state index contributed by atoms with van der Waals surface area (Å²) in [7, 11) is 0. The van der Waals surface area contributed by atoms with Crippen LogP contribution in [-0.4, -0.2) is 17.6 Å². The molecule has 1 aromatic heterocycles. The number of hydrogen-bond acceptors (Lipinski definition) is 3. The lowest BCUT2D eigenvalue weighted by atomic mass is 10.2. The predicted molar refractivity (Wildman–Crippen MR) is 61.7 cm³/mol. The largest absolute Gasteiger partial charge is 0.574 e. The van der Waals surface area contributed by atoms with Gasteiger partial charge in [-0.3, -0.25) is 4.79 Å². The van der Waals surface area contributed by atoms with Gasteiger partial charge in [0.2, 0.25) is 5.88 Å². The highest BCUT2D eigenvalue weighted by atomic mass is 127. The van der Waals surface area contributed by atoms with E-state index < -0.39 is 12.2 Å². The van der Waals surface area contributed by atoms with Crippen molar-refractivity contribution in [2.24, 2.45) is 0 Å². The van der Waals surface area contributed by atoms with Crippen molar-refractivity contribution in [2.75, 3.05) is 0 Å². The molecule has 0 N–H and O–H groups in total. The van der Waals surface area contributed by atoms with Crippen molar-refractivity contribution in [3.05, 3.63) is 20.9 Å². The van der Waals surface area contributed by atoms with Crippen LogP contribution in [-0.2, 0) is 5.33 Å². The molecule has 0 fully saturated rings. The molecule has 0 bridgehead atoms. The van der Waals surface area contributed by atoms with Gasteiger partial charge in [-0.2, -0.15) is 0 Å². The van der Waals surface area contributed by atoms with E-state index in [1.54, 1.807) is 0 Å². The van der Waals surface area contributed by atoms with Crippen molar-refractivity contribution in [3.8, 4) is 5.88 Å². The molecular formula is C8H4BrF3INO2. The summed E-state index contributed by atoms with van der Waals surface area (Å²) in [5.74, 6) is -0.725. The van der Waals surface area contributed by atoms with Crippen LogP contribution in [0.1, 0.15) is 15.9 Å². The number of aromatic nitrogens is 1. The monoisotopic (exact) mass is 409 g/mol. The molecule has 88 valence electrons. The van der Waals surface area contributed by atoms with Gasteiger partial charge >= 0.3 is 6.36 Å². The predicted octanol–water partition coefficient (Wildman–Crippen LogP) is 3.29. The molecule has 0 saturated heterocycles. The quantitative estimate of drug-likeness (QED) is 0.437. The Kier molecular flexibility index (Phi) is 4.53. The van der Waals surface area contributed by atoms with Crippen LogP contribution in [0.4, 0.5) is 13.2 Å². The van der Waals surface area contributed by atoms with Gasteiger partial charge in [0.15, 0.2) is 6.29 Å². The summed E-state index contributed by atoms with van der Waals surface area (Å²) < 4.78 is 40.3. The molecular weight excluding hydrogens is 406 g/mol. The highest BCUT2D eigenvalue weighted by Crippen LogP contribution is 2.28. The lowest BCUT2D eigenvalue weighted by Gasteiger charge is -2.12. The summed E-state index contributed by atoms with van der Waals surface area (Å²) >= 11 is 4.96. The number of rotatable bonds is 3. The summed E-state index contributed by atoms with van der Waals surface area (Å²) in [6.45, 7) is 0. The fourth-order valence-electron chi connectivity index (χ4n) is 0.969. The highest BCUT2D eigenvalue weighted by Gasteiger charge is 2.33. The van der Waals surface area contributed by atoms with E-state index in [2.05, 4.69) is 25.7 Å². The second-order valence-electron chi connectivity index (χ2n) is 2.60. The average Bonchev–Trinajstić information content (AvgIpc) is 2.18. The Labute approximate surface area is 111 Å². The third-order valence-corrected chi connectivity index (χ3v) is 3.09. The lowest BCUT2D eigenvalue weighted by Crippen LogP contribution is -2.19. The van der Waals surface area contributed by atoms with Crippen LogP contribution in [0.2, 0.25) is 0 Å². The molecule has 0 atom stereocenters. The Balaban J connectivity index is 3.25. The standard InChI is InChI=1S/C8H4BrF3INO2/c9-1-4-5(3-15)7(14-2-6(4)13)16-8(10,11)12/h2-3H,1H2. The van der Waals surface area contributed by atoms with E-state index in [4.69, 9.17) is 0 Å². The molecule has 8 heteroatoms. The molecule has 1 rings (SSSR count). The van der Waals surface area contributed by atoms with Crippen molar-refractivity contribution in [3.63, 3.8) is 0 Å². The number of nitrogens with zero attached hydrogens (tertiary/aromatic N) is 1. The fraction of sp³-hybridized carbons (Fsp3) is 0.250. The summed E-state index contributed by atoms with van der Waals surface area (Å²) in [6, 6.07) is 0. The van der Waals surface area contributed by atoms with Gasteiger partial charge in [0.1, 0.15) is 0 Å². The maximum atomic E-state index is 12.0. The molecule has 0 amide bonds. The first-order valence-corrected chi connectivity index (χ1v) is 6.03. The van der Waals surface area contributed by atoms with Gasteiger partial charge < -0.3 is 4.74 Å². The Morgan fingerprint density at radius 3 is 2.62 bits per heavy atom. The minimum atomic E-state index is -4.86. The van der Waals surface area contributed by atoms with E-state index in [1.807, 2.05) is 22.6 Å². The first kappa shape index (κ1) is 13.7. The normalized spacial score (nSPS) is 11.3. The molecule has 0 spiro atoms. The van der Waals surface area contributed by atoms with Crippen molar-refractivity contribution in [1.82, 2.24) is 4.98 Å². The molecule has 1 heterocycles. The molecule has 16 heavy (non-hydrogen) atoms. The van der Waals surface area contributed by atoms with Crippen LogP contribution in [0.25, 0.3) is 0 Å². The molecule has 0 unspecified atom stereocenters. The Bertz CT molecular complexity index is 411. The fourth-order valence-corrected chi connectivity index (χ4v) is 2.72. The maximum Gasteiger partial charge on any atom is 0.574 e. The molecule has 0 aliphatic carbocycles. The molecule has 0 aromatic carbocycles. The van der Waals surface area contributed by atoms with Crippen molar-refractivity contribution in [2.45, 2.75) is 11.7 Å². The average molecular weight is 410 g/mol. The topological polar surface area (TPSA) is 39.2 Å². The van der Waals surface area contributed by atoms with E-state index in [9.17, 15) is 18.0 Å². The molecule has 1 aromatic rings. The SMILES string of the molecule is O=Cc1c(OC(F)(F)F)ncc(I)c1CBr. The van der Waals surface area contributed by atoms with Gasteiger partial charge in [-0.15, -0.1) is 13.2 Å². The molecule has 0 radical (unpaired) electrons. The van der Waals surface area contributed by atoms with Crippen LogP contribution >= 0.6 is 38.5 Å². The smallest absolute Gasteiger partial charge is 0.387 e. The number of aldehydes is 1. The van der Waals surface area contributed by atoms with Gasteiger partial charge in [-0.05, 0) is 28.2 Å². The number of carbonyl (C=O) groups excluding carboxylic acids is 1. The van der Waals surface area contributed by atoms with E-state index in [1.165, 1.54) is 6.20 Å². The van der Waals surface area contributed by atoms with Gasteiger partial charge in [-0.1, -0.05) is 15.9 Å². The lowest BCUT2D eigenvalue weighted by molar-refractivity contribution is -0.276. The first-order valence-electron chi connectivity index (χ1n) is 3.83. The van der Waals surface area contributed by atoms with E-state index in [-0.39, 0.29) is 10.9 Å². The van der Waals surface area contributed by atoms with E-state index in [0.29, 0.717) is 15.4 Å². The summed E-state index contributed by atoms with van der Waals surface area (Å²) in [5.41, 5.74) is 0.228. The zero-order chi connectivity index (χ0) is 12.3. The van der Waals surface area contributed by atoms with Gasteiger partial charge in [-0.25, -0.2) is 4.98 Å². The third kappa shape index (κ3) is 3.30. The van der Waals surface area contributed by atoms with E-state index in [0.717, 1.165) is 0 Å². The number of pyridine rings is 1. The number of carbonyl (C=O) groups is 1. The molecule has 0 aliphatic heterocycles.